The topological polar surface area (TPSA) is 61.0 Å². The number of nitrogens with one attached hydrogen (secondary N) is 2. The largest absolute Gasteiger partial charge is 0.354 e. The lowest BCUT2D eigenvalue weighted by Gasteiger charge is -2.22. The van der Waals surface area contributed by atoms with Crippen LogP contribution in [0.25, 0.3) is 0 Å². The number of amides is 1. The normalized spacial score (nSPS) is 15.8. The lowest BCUT2D eigenvalue weighted by molar-refractivity contribution is -0.120. The Morgan fingerprint density at radius 3 is 3.11 bits per heavy atom. The van der Waals surface area contributed by atoms with E-state index in [0.717, 1.165) is 37.4 Å². The van der Waals surface area contributed by atoms with Crippen molar-refractivity contribution < 1.29 is 4.79 Å². The molecule has 0 saturated heterocycles. The van der Waals surface area contributed by atoms with Crippen molar-refractivity contribution in [3.8, 4) is 0 Å². The molecule has 5 heteroatoms. The third-order valence-electron chi connectivity index (χ3n) is 2.99. The number of nitrogens with zero attached hydrogens (tertiary/aromatic N) is 2. The van der Waals surface area contributed by atoms with Gasteiger partial charge in [0.1, 0.15) is 0 Å². The highest BCUT2D eigenvalue weighted by molar-refractivity contribution is 5.78. The van der Waals surface area contributed by atoms with Crippen molar-refractivity contribution in [2.45, 2.75) is 19.8 Å². The Bertz CT molecular complexity index is 424. The van der Waals surface area contributed by atoms with Crippen LogP contribution in [-0.4, -0.2) is 47.2 Å². The summed E-state index contributed by atoms with van der Waals surface area (Å²) in [6, 6.07) is 1.90. The van der Waals surface area contributed by atoms with Crippen LogP contribution in [0.5, 0.6) is 0 Å². The summed E-state index contributed by atoms with van der Waals surface area (Å²) in [4.78, 5) is 14.0. The molecule has 5 nitrogen and oxygen atoms in total. The standard InChI is InChI=1S/C13H20N4O/c1-11-9-12(16-15-11)10-13(18)14-5-8-17-6-3-2-4-7-17/h2-3,9H,4-8,10H2,1H3,(H,14,18)(H,15,16). The van der Waals surface area contributed by atoms with Gasteiger partial charge in [0.15, 0.2) is 0 Å². The van der Waals surface area contributed by atoms with Gasteiger partial charge in [0.05, 0.1) is 12.1 Å². The molecule has 1 amide bonds. The molecule has 0 radical (unpaired) electrons. The molecule has 0 aliphatic carbocycles. The summed E-state index contributed by atoms with van der Waals surface area (Å²) in [6.07, 6.45) is 5.84. The van der Waals surface area contributed by atoms with Crippen molar-refractivity contribution >= 4 is 5.91 Å². The van der Waals surface area contributed by atoms with Crippen molar-refractivity contribution in [1.29, 1.82) is 0 Å². The van der Waals surface area contributed by atoms with Crippen LogP contribution in [0.1, 0.15) is 17.8 Å². The zero-order chi connectivity index (χ0) is 12.8. The number of aromatic nitrogens is 2. The minimum absolute atomic E-state index is 0.0362. The lowest BCUT2D eigenvalue weighted by Crippen LogP contribution is -2.37. The molecule has 2 heterocycles. The second kappa shape index (κ2) is 6.35. The molecule has 98 valence electrons. The molecule has 0 saturated carbocycles. The van der Waals surface area contributed by atoms with Gasteiger partial charge in [-0.25, -0.2) is 0 Å². The predicted octanol–water partition coefficient (Wildman–Crippen LogP) is 0.639. The van der Waals surface area contributed by atoms with Gasteiger partial charge in [0.25, 0.3) is 0 Å². The Hall–Kier alpha value is -1.62. The van der Waals surface area contributed by atoms with Crippen LogP contribution in [0.3, 0.4) is 0 Å². The molecule has 1 aliphatic heterocycles. The van der Waals surface area contributed by atoms with E-state index in [1.165, 1.54) is 0 Å². The van der Waals surface area contributed by atoms with E-state index in [9.17, 15) is 4.79 Å². The third kappa shape index (κ3) is 4.00. The number of aromatic amines is 1. The molecule has 2 rings (SSSR count). The van der Waals surface area contributed by atoms with Gasteiger partial charge in [-0.1, -0.05) is 12.2 Å². The fourth-order valence-electron chi connectivity index (χ4n) is 2.04. The quantitative estimate of drug-likeness (QED) is 0.752. The smallest absolute Gasteiger partial charge is 0.226 e. The van der Waals surface area contributed by atoms with Crippen LogP contribution in [-0.2, 0) is 11.2 Å². The summed E-state index contributed by atoms with van der Waals surface area (Å²) in [7, 11) is 0. The first-order valence-corrected chi connectivity index (χ1v) is 6.39. The second-order valence-electron chi connectivity index (χ2n) is 4.63. The van der Waals surface area contributed by atoms with Gasteiger partial charge in [-0.2, -0.15) is 5.10 Å². The Balaban J connectivity index is 1.64. The van der Waals surface area contributed by atoms with Crippen molar-refractivity contribution in [3.63, 3.8) is 0 Å². The van der Waals surface area contributed by atoms with Crippen LogP contribution in [0.15, 0.2) is 18.2 Å². The van der Waals surface area contributed by atoms with Crippen molar-refractivity contribution in [2.24, 2.45) is 0 Å². The average Bonchev–Trinajstić information content (AvgIpc) is 2.76. The molecule has 0 spiro atoms. The van der Waals surface area contributed by atoms with E-state index in [2.05, 4.69) is 32.6 Å². The molecule has 2 N–H and O–H groups in total. The minimum atomic E-state index is 0.0362. The third-order valence-corrected chi connectivity index (χ3v) is 2.99. The summed E-state index contributed by atoms with van der Waals surface area (Å²) < 4.78 is 0. The van der Waals surface area contributed by atoms with Crippen LogP contribution in [0.4, 0.5) is 0 Å². The Morgan fingerprint density at radius 2 is 2.44 bits per heavy atom. The highest BCUT2D eigenvalue weighted by Gasteiger charge is 2.08. The van der Waals surface area contributed by atoms with Crippen LogP contribution < -0.4 is 5.32 Å². The number of carbonyl (C=O) groups excluding carboxylic acids is 1. The molecular formula is C13H20N4O. The lowest BCUT2D eigenvalue weighted by atomic mass is 10.2. The molecule has 0 bridgehead atoms. The number of hydrogen-bond acceptors (Lipinski definition) is 3. The van der Waals surface area contributed by atoms with E-state index in [4.69, 9.17) is 0 Å². The van der Waals surface area contributed by atoms with E-state index in [0.29, 0.717) is 13.0 Å². The fraction of sp³-hybridized carbons (Fsp3) is 0.538. The number of H-pyrrole nitrogens is 1. The highest BCUT2D eigenvalue weighted by atomic mass is 16.1. The van der Waals surface area contributed by atoms with Crippen LogP contribution >= 0.6 is 0 Å². The Morgan fingerprint density at radius 1 is 1.56 bits per heavy atom. The first-order chi connectivity index (χ1) is 8.74. The predicted molar refractivity (Wildman–Crippen MR) is 70.2 cm³/mol. The van der Waals surface area contributed by atoms with E-state index in [-0.39, 0.29) is 5.91 Å². The number of rotatable bonds is 5. The molecule has 0 fully saturated rings. The maximum absolute atomic E-state index is 11.7. The van der Waals surface area contributed by atoms with Gasteiger partial charge in [0.2, 0.25) is 5.91 Å². The first kappa shape index (κ1) is 12.8. The summed E-state index contributed by atoms with van der Waals surface area (Å²) in [5, 5.41) is 9.81. The van der Waals surface area contributed by atoms with Gasteiger partial charge in [0, 0.05) is 31.9 Å². The monoisotopic (exact) mass is 248 g/mol. The minimum Gasteiger partial charge on any atom is -0.354 e. The van der Waals surface area contributed by atoms with Gasteiger partial charge < -0.3 is 5.32 Å². The van der Waals surface area contributed by atoms with Crippen molar-refractivity contribution in [3.05, 3.63) is 29.6 Å². The fourth-order valence-corrected chi connectivity index (χ4v) is 2.04. The van der Waals surface area contributed by atoms with E-state index >= 15 is 0 Å². The van der Waals surface area contributed by atoms with E-state index in [1.807, 2.05) is 13.0 Å². The number of aryl methyl sites for hydroxylation is 1. The molecular weight excluding hydrogens is 228 g/mol. The van der Waals surface area contributed by atoms with Gasteiger partial charge in [-0.3, -0.25) is 14.8 Å². The average molecular weight is 248 g/mol. The Labute approximate surface area is 107 Å². The summed E-state index contributed by atoms with van der Waals surface area (Å²) in [5.41, 5.74) is 1.78. The first-order valence-electron chi connectivity index (χ1n) is 6.39. The molecule has 0 atom stereocenters. The molecule has 0 unspecified atom stereocenters. The Kier molecular flexibility index (Phi) is 4.52. The summed E-state index contributed by atoms with van der Waals surface area (Å²) >= 11 is 0. The maximum Gasteiger partial charge on any atom is 0.226 e. The highest BCUT2D eigenvalue weighted by Crippen LogP contribution is 2.00. The molecule has 1 aromatic rings. The molecule has 0 aromatic carbocycles. The molecule has 18 heavy (non-hydrogen) atoms. The zero-order valence-corrected chi connectivity index (χ0v) is 10.8. The van der Waals surface area contributed by atoms with E-state index < -0.39 is 0 Å². The maximum atomic E-state index is 11.7. The van der Waals surface area contributed by atoms with Gasteiger partial charge in [-0.05, 0) is 19.4 Å². The summed E-state index contributed by atoms with van der Waals surface area (Å²) in [5.74, 6) is 0.0362. The van der Waals surface area contributed by atoms with Gasteiger partial charge >= 0.3 is 0 Å². The molecule has 1 aromatic heterocycles. The van der Waals surface area contributed by atoms with Gasteiger partial charge in [-0.15, -0.1) is 0 Å². The molecule has 1 aliphatic rings. The number of carbonyl (C=O) groups is 1. The van der Waals surface area contributed by atoms with Crippen molar-refractivity contribution in [1.82, 2.24) is 20.4 Å². The second-order valence-corrected chi connectivity index (χ2v) is 4.63. The van der Waals surface area contributed by atoms with Crippen LogP contribution in [0.2, 0.25) is 0 Å². The SMILES string of the molecule is Cc1cc(CC(=O)NCCN2CC=CCC2)n[nH]1. The zero-order valence-electron chi connectivity index (χ0n) is 10.8. The van der Waals surface area contributed by atoms with E-state index in [1.54, 1.807) is 0 Å². The van der Waals surface area contributed by atoms with Crippen LogP contribution in [0, 0.1) is 6.92 Å². The summed E-state index contributed by atoms with van der Waals surface area (Å²) in [6.45, 7) is 5.63. The van der Waals surface area contributed by atoms with Crippen molar-refractivity contribution in [2.75, 3.05) is 26.2 Å². The number of hydrogen-bond donors (Lipinski definition) is 2.